The van der Waals surface area contributed by atoms with E-state index in [0.717, 1.165) is 44.2 Å². The molecule has 2 aliphatic rings. The fraction of sp³-hybridized carbons (Fsp3) is 0.600. The van der Waals surface area contributed by atoms with Gasteiger partial charge in [-0.1, -0.05) is 25.3 Å². The van der Waals surface area contributed by atoms with Gasteiger partial charge in [0.1, 0.15) is 6.04 Å². The van der Waals surface area contributed by atoms with Crippen molar-refractivity contribution in [1.29, 1.82) is 0 Å². The van der Waals surface area contributed by atoms with Crippen LogP contribution in [0.5, 0.6) is 0 Å². The summed E-state index contributed by atoms with van der Waals surface area (Å²) in [6.07, 6.45) is 6.68. The van der Waals surface area contributed by atoms with Gasteiger partial charge in [0.05, 0.1) is 0 Å². The summed E-state index contributed by atoms with van der Waals surface area (Å²) in [4.78, 5) is 29.0. The van der Waals surface area contributed by atoms with Gasteiger partial charge in [-0.15, -0.1) is 0 Å². The molecule has 4 nitrogen and oxygen atoms in total. The number of likely N-dealkylation sites (N-methyl/N-ethyl adjacent to an activating group) is 1. The molecular formula is C20H26F2N2O2. The zero-order valence-electron chi connectivity index (χ0n) is 15.2. The second kappa shape index (κ2) is 8.14. The Kier molecular flexibility index (Phi) is 5.89. The van der Waals surface area contributed by atoms with E-state index >= 15 is 0 Å². The Morgan fingerprint density at radius 3 is 2.50 bits per heavy atom. The molecule has 1 aromatic rings. The molecule has 142 valence electrons. The van der Waals surface area contributed by atoms with Crippen LogP contribution in [0.25, 0.3) is 0 Å². The number of hydrogen-bond acceptors (Lipinski definition) is 2. The molecule has 0 radical (unpaired) electrons. The molecule has 3 rings (SSSR count). The van der Waals surface area contributed by atoms with Crippen molar-refractivity contribution in [3.8, 4) is 0 Å². The second-order valence-corrected chi connectivity index (χ2v) is 7.47. The minimum atomic E-state index is -0.918. The summed E-state index contributed by atoms with van der Waals surface area (Å²) < 4.78 is 26.4. The number of benzene rings is 1. The number of halogens is 2. The smallest absolute Gasteiger partial charge is 0.245 e. The minimum Gasteiger partial charge on any atom is -0.340 e. The number of amides is 2. The van der Waals surface area contributed by atoms with Crippen LogP contribution in [0.4, 0.5) is 8.78 Å². The van der Waals surface area contributed by atoms with E-state index < -0.39 is 17.7 Å². The first-order valence-corrected chi connectivity index (χ1v) is 9.46. The molecule has 1 aliphatic heterocycles. The zero-order chi connectivity index (χ0) is 18.7. The molecule has 1 heterocycles. The van der Waals surface area contributed by atoms with E-state index in [1.807, 2.05) is 0 Å². The van der Waals surface area contributed by atoms with Crippen molar-refractivity contribution in [2.45, 2.75) is 57.5 Å². The standard InChI is InChI=1S/C20H26F2N2O2/c1-23(13-14-9-10-16(21)17(22)12-14)20(26)18-8-5-11-24(18)19(25)15-6-3-2-4-7-15/h9-10,12,15,18H,2-8,11,13H2,1H3/t18-/m1/s1. The van der Waals surface area contributed by atoms with Gasteiger partial charge in [-0.3, -0.25) is 9.59 Å². The van der Waals surface area contributed by atoms with Crippen LogP contribution in [-0.2, 0) is 16.1 Å². The van der Waals surface area contributed by atoms with Crippen LogP contribution in [0.2, 0.25) is 0 Å². The third kappa shape index (κ3) is 4.05. The minimum absolute atomic E-state index is 0.0497. The molecule has 2 amide bonds. The van der Waals surface area contributed by atoms with E-state index in [9.17, 15) is 18.4 Å². The molecular weight excluding hydrogens is 338 g/mol. The van der Waals surface area contributed by atoms with Crippen molar-refractivity contribution in [3.63, 3.8) is 0 Å². The summed E-state index contributed by atoms with van der Waals surface area (Å²) in [7, 11) is 1.64. The number of carbonyl (C=O) groups is 2. The van der Waals surface area contributed by atoms with Crippen LogP contribution in [0.3, 0.4) is 0 Å². The van der Waals surface area contributed by atoms with Crippen LogP contribution >= 0.6 is 0 Å². The number of likely N-dealkylation sites (tertiary alicyclic amines) is 1. The van der Waals surface area contributed by atoms with Crippen molar-refractivity contribution in [3.05, 3.63) is 35.4 Å². The quantitative estimate of drug-likeness (QED) is 0.821. The summed E-state index contributed by atoms with van der Waals surface area (Å²) in [6.45, 7) is 0.822. The Morgan fingerprint density at radius 2 is 1.81 bits per heavy atom. The Morgan fingerprint density at radius 1 is 1.08 bits per heavy atom. The predicted octanol–water partition coefficient (Wildman–Crippen LogP) is 3.49. The van der Waals surface area contributed by atoms with E-state index in [4.69, 9.17) is 0 Å². The Balaban J connectivity index is 1.64. The van der Waals surface area contributed by atoms with Crippen molar-refractivity contribution in [1.82, 2.24) is 9.80 Å². The number of hydrogen-bond donors (Lipinski definition) is 0. The molecule has 1 aromatic carbocycles. The van der Waals surface area contributed by atoms with Gasteiger partial charge in [-0.25, -0.2) is 8.78 Å². The highest BCUT2D eigenvalue weighted by Crippen LogP contribution is 2.29. The second-order valence-electron chi connectivity index (χ2n) is 7.47. The molecule has 1 atom stereocenters. The van der Waals surface area contributed by atoms with Crippen molar-refractivity contribution < 1.29 is 18.4 Å². The topological polar surface area (TPSA) is 40.6 Å². The summed E-state index contributed by atoms with van der Waals surface area (Å²) in [5, 5.41) is 0. The molecule has 1 saturated heterocycles. The van der Waals surface area contributed by atoms with Gasteiger partial charge in [0.25, 0.3) is 0 Å². The third-order valence-electron chi connectivity index (χ3n) is 5.56. The highest BCUT2D eigenvalue weighted by molar-refractivity contribution is 5.89. The number of carbonyl (C=O) groups excluding carboxylic acids is 2. The van der Waals surface area contributed by atoms with E-state index in [2.05, 4.69) is 0 Å². The van der Waals surface area contributed by atoms with Crippen LogP contribution < -0.4 is 0 Å². The van der Waals surface area contributed by atoms with Gasteiger partial charge in [-0.05, 0) is 43.4 Å². The Labute approximate surface area is 153 Å². The molecule has 0 aromatic heterocycles. The highest BCUT2D eigenvalue weighted by atomic mass is 19.2. The molecule has 0 unspecified atom stereocenters. The van der Waals surface area contributed by atoms with Crippen molar-refractivity contribution in [2.24, 2.45) is 5.92 Å². The lowest BCUT2D eigenvalue weighted by Crippen LogP contribution is -2.48. The third-order valence-corrected chi connectivity index (χ3v) is 5.56. The number of nitrogens with zero attached hydrogens (tertiary/aromatic N) is 2. The van der Waals surface area contributed by atoms with Gasteiger partial charge in [0.2, 0.25) is 11.8 Å². The summed E-state index contributed by atoms with van der Waals surface area (Å²) >= 11 is 0. The van der Waals surface area contributed by atoms with Crippen molar-refractivity contribution >= 4 is 11.8 Å². The van der Waals surface area contributed by atoms with E-state index in [0.29, 0.717) is 18.5 Å². The molecule has 2 fully saturated rings. The summed E-state index contributed by atoms with van der Waals surface area (Å²) in [5.74, 6) is -1.78. The first-order chi connectivity index (χ1) is 12.5. The lowest BCUT2D eigenvalue weighted by Gasteiger charge is -2.32. The summed E-state index contributed by atoms with van der Waals surface area (Å²) in [5.41, 5.74) is 0.530. The van der Waals surface area contributed by atoms with Gasteiger partial charge >= 0.3 is 0 Å². The molecule has 0 bridgehead atoms. The highest BCUT2D eigenvalue weighted by Gasteiger charge is 2.38. The molecule has 1 aliphatic carbocycles. The predicted molar refractivity (Wildman–Crippen MR) is 94.1 cm³/mol. The fourth-order valence-corrected chi connectivity index (χ4v) is 4.12. The maximum absolute atomic E-state index is 13.4. The van der Waals surface area contributed by atoms with Gasteiger partial charge < -0.3 is 9.80 Å². The van der Waals surface area contributed by atoms with E-state index in [-0.39, 0.29) is 24.3 Å². The molecule has 1 saturated carbocycles. The van der Waals surface area contributed by atoms with Gasteiger partial charge in [0.15, 0.2) is 11.6 Å². The maximum atomic E-state index is 13.4. The normalized spacial score (nSPS) is 21.0. The van der Waals surface area contributed by atoms with Crippen LogP contribution in [0.1, 0.15) is 50.5 Å². The molecule has 0 spiro atoms. The molecule has 6 heteroatoms. The summed E-state index contributed by atoms with van der Waals surface area (Å²) in [6, 6.07) is 3.22. The lowest BCUT2D eigenvalue weighted by molar-refractivity contribution is -0.146. The van der Waals surface area contributed by atoms with Crippen LogP contribution in [0.15, 0.2) is 18.2 Å². The Bertz CT molecular complexity index is 674. The monoisotopic (exact) mass is 364 g/mol. The van der Waals surface area contributed by atoms with E-state index in [1.165, 1.54) is 17.4 Å². The molecule has 26 heavy (non-hydrogen) atoms. The molecule has 0 N–H and O–H groups in total. The van der Waals surface area contributed by atoms with Gasteiger partial charge in [-0.2, -0.15) is 0 Å². The number of rotatable bonds is 4. The van der Waals surface area contributed by atoms with Crippen LogP contribution in [0, 0.1) is 17.6 Å². The average molecular weight is 364 g/mol. The van der Waals surface area contributed by atoms with Crippen molar-refractivity contribution in [2.75, 3.05) is 13.6 Å². The maximum Gasteiger partial charge on any atom is 0.245 e. The first-order valence-electron chi connectivity index (χ1n) is 9.46. The first kappa shape index (κ1) is 18.8. The average Bonchev–Trinajstić information content (AvgIpc) is 3.14. The zero-order valence-corrected chi connectivity index (χ0v) is 15.2. The fourth-order valence-electron chi connectivity index (χ4n) is 4.12. The van der Waals surface area contributed by atoms with Gasteiger partial charge in [0, 0.05) is 26.1 Å². The van der Waals surface area contributed by atoms with Crippen LogP contribution in [-0.4, -0.2) is 41.2 Å². The lowest BCUT2D eigenvalue weighted by atomic mass is 9.88. The largest absolute Gasteiger partial charge is 0.340 e. The van der Waals surface area contributed by atoms with E-state index in [1.54, 1.807) is 11.9 Å². The Hall–Kier alpha value is -1.98. The SMILES string of the molecule is CN(Cc1ccc(F)c(F)c1)C(=O)[C@H]1CCCN1C(=O)C1CCCCC1.